The summed E-state index contributed by atoms with van der Waals surface area (Å²) in [4.78, 5) is 52.6. The number of methoxy groups -OCH3 is 1. The maximum Gasteiger partial charge on any atom is 0.343 e. The molecular formula is C24H21ClN2O7S. The molecule has 0 bridgehead atoms. The molecule has 0 saturated carbocycles. The highest BCUT2D eigenvalue weighted by molar-refractivity contribution is 8.18. The molecule has 182 valence electrons. The highest BCUT2D eigenvalue weighted by Crippen LogP contribution is 2.34. The normalized spacial score (nSPS) is 17.1. The van der Waals surface area contributed by atoms with Crippen LogP contribution in [0.1, 0.15) is 15.9 Å². The smallest absolute Gasteiger partial charge is 0.343 e. The number of rotatable bonds is 6. The third kappa shape index (κ3) is 5.84. The summed E-state index contributed by atoms with van der Waals surface area (Å²) in [5, 5.41) is -0.360. The maximum atomic E-state index is 12.7. The van der Waals surface area contributed by atoms with E-state index < -0.39 is 17.1 Å². The van der Waals surface area contributed by atoms with Crippen LogP contribution in [0.4, 0.5) is 4.79 Å². The molecule has 3 amide bonds. The number of carbonyl (C=O) groups is 4. The van der Waals surface area contributed by atoms with Gasteiger partial charge in [0.25, 0.3) is 11.1 Å². The second-order valence-electron chi connectivity index (χ2n) is 7.57. The van der Waals surface area contributed by atoms with Gasteiger partial charge in [-0.05, 0) is 59.8 Å². The van der Waals surface area contributed by atoms with Crippen molar-refractivity contribution >= 4 is 52.5 Å². The highest BCUT2D eigenvalue weighted by Gasteiger charge is 2.37. The second-order valence-corrected chi connectivity index (χ2v) is 8.97. The fourth-order valence-corrected chi connectivity index (χ4v) is 4.48. The van der Waals surface area contributed by atoms with Crippen LogP contribution in [-0.2, 0) is 14.3 Å². The lowest BCUT2D eigenvalue weighted by Gasteiger charge is -2.28. The summed E-state index contributed by atoms with van der Waals surface area (Å²) >= 11 is 7.04. The fraction of sp³-hybridized carbons (Fsp3) is 0.250. The third-order valence-electron chi connectivity index (χ3n) is 5.31. The Kier molecular flexibility index (Phi) is 7.74. The summed E-state index contributed by atoms with van der Waals surface area (Å²) < 4.78 is 15.7. The zero-order valence-corrected chi connectivity index (χ0v) is 20.3. The Labute approximate surface area is 210 Å². The standard InChI is InChI=1S/C24H21ClN2O7S/c1-32-17-5-3-16(4-6-17)23(30)34-19-7-2-15(12-18(19)25)13-20-22(29)27(24(31)35-20)14-21(28)26-8-10-33-11-9-26/h2-7,12-13H,8-11,14H2,1H3/b20-13-. The molecule has 4 rings (SSSR count). The third-order valence-corrected chi connectivity index (χ3v) is 6.52. The first-order valence-electron chi connectivity index (χ1n) is 10.6. The van der Waals surface area contributed by atoms with Crippen molar-refractivity contribution in [1.82, 2.24) is 9.80 Å². The van der Waals surface area contributed by atoms with E-state index in [4.69, 9.17) is 25.8 Å². The summed E-state index contributed by atoms with van der Waals surface area (Å²) in [6.45, 7) is 1.40. The van der Waals surface area contributed by atoms with E-state index in [1.54, 1.807) is 35.2 Å². The summed E-state index contributed by atoms with van der Waals surface area (Å²) in [5.74, 6) is -0.684. The number of halogens is 1. The van der Waals surface area contributed by atoms with Gasteiger partial charge in [0.2, 0.25) is 5.91 Å². The molecule has 2 aromatic carbocycles. The van der Waals surface area contributed by atoms with Crippen molar-refractivity contribution in [3.8, 4) is 11.5 Å². The Bertz CT molecular complexity index is 1190. The van der Waals surface area contributed by atoms with Crippen molar-refractivity contribution in [2.75, 3.05) is 40.0 Å². The quantitative estimate of drug-likeness (QED) is 0.327. The van der Waals surface area contributed by atoms with Crippen LogP contribution in [0.5, 0.6) is 11.5 Å². The molecule has 11 heteroatoms. The van der Waals surface area contributed by atoms with Crippen LogP contribution >= 0.6 is 23.4 Å². The largest absolute Gasteiger partial charge is 0.497 e. The minimum absolute atomic E-state index is 0.147. The minimum Gasteiger partial charge on any atom is -0.497 e. The molecule has 0 radical (unpaired) electrons. The van der Waals surface area contributed by atoms with Crippen LogP contribution in [0.3, 0.4) is 0 Å². The van der Waals surface area contributed by atoms with Crippen LogP contribution in [0.25, 0.3) is 6.08 Å². The molecule has 2 fully saturated rings. The summed E-state index contributed by atoms with van der Waals surface area (Å²) in [6, 6.07) is 11.1. The van der Waals surface area contributed by atoms with Crippen LogP contribution in [0, 0.1) is 0 Å². The van der Waals surface area contributed by atoms with Crippen LogP contribution in [-0.4, -0.2) is 72.8 Å². The van der Waals surface area contributed by atoms with Crippen LogP contribution in [0.2, 0.25) is 5.02 Å². The first-order valence-corrected chi connectivity index (χ1v) is 11.8. The summed E-state index contributed by atoms with van der Waals surface area (Å²) in [7, 11) is 1.53. The number of ether oxygens (including phenoxy) is 3. The number of carbonyl (C=O) groups excluding carboxylic acids is 4. The maximum absolute atomic E-state index is 12.7. The predicted octanol–water partition coefficient (Wildman–Crippen LogP) is 3.46. The highest BCUT2D eigenvalue weighted by atomic mass is 35.5. The Morgan fingerprint density at radius 1 is 1.11 bits per heavy atom. The number of imide groups is 1. The molecule has 2 aliphatic rings. The molecule has 2 aromatic rings. The average molecular weight is 517 g/mol. The van der Waals surface area contributed by atoms with Crippen molar-refractivity contribution in [1.29, 1.82) is 0 Å². The van der Waals surface area contributed by atoms with E-state index in [1.165, 1.54) is 25.3 Å². The number of thioether (sulfide) groups is 1. The molecule has 0 aliphatic carbocycles. The van der Waals surface area contributed by atoms with Gasteiger partial charge < -0.3 is 19.1 Å². The van der Waals surface area contributed by atoms with Gasteiger partial charge in [0, 0.05) is 13.1 Å². The lowest BCUT2D eigenvalue weighted by Crippen LogP contribution is -2.46. The van der Waals surface area contributed by atoms with E-state index in [0.29, 0.717) is 43.2 Å². The molecule has 0 aromatic heterocycles. The predicted molar refractivity (Wildman–Crippen MR) is 129 cm³/mol. The lowest BCUT2D eigenvalue weighted by molar-refractivity contribution is -0.139. The zero-order chi connectivity index (χ0) is 24.9. The minimum atomic E-state index is -0.589. The molecule has 9 nitrogen and oxygen atoms in total. The lowest BCUT2D eigenvalue weighted by atomic mass is 10.2. The molecule has 2 aliphatic heterocycles. The van der Waals surface area contributed by atoms with Gasteiger partial charge in [-0.25, -0.2) is 4.79 Å². The van der Waals surface area contributed by atoms with Crippen molar-refractivity contribution in [2.24, 2.45) is 0 Å². The summed E-state index contributed by atoms with van der Waals surface area (Å²) in [6.07, 6.45) is 1.51. The van der Waals surface area contributed by atoms with Gasteiger partial charge in [-0.15, -0.1) is 0 Å². The van der Waals surface area contributed by atoms with Crippen molar-refractivity contribution < 1.29 is 33.4 Å². The fourth-order valence-electron chi connectivity index (χ4n) is 3.41. The van der Waals surface area contributed by atoms with Crippen LogP contribution < -0.4 is 9.47 Å². The molecule has 0 N–H and O–H groups in total. The average Bonchev–Trinajstić information content (AvgIpc) is 3.13. The SMILES string of the molecule is COc1ccc(C(=O)Oc2ccc(/C=C3\SC(=O)N(CC(=O)N4CCOCC4)C3=O)cc2Cl)cc1. The van der Waals surface area contributed by atoms with Gasteiger partial charge in [-0.3, -0.25) is 19.3 Å². The van der Waals surface area contributed by atoms with Crippen molar-refractivity contribution in [2.45, 2.75) is 0 Å². The molecule has 2 saturated heterocycles. The number of nitrogens with zero attached hydrogens (tertiary/aromatic N) is 2. The van der Waals surface area contributed by atoms with Gasteiger partial charge in [0.05, 0.1) is 35.8 Å². The topological polar surface area (TPSA) is 102 Å². The Balaban J connectivity index is 1.42. The molecule has 0 spiro atoms. The van der Waals surface area contributed by atoms with Crippen molar-refractivity contribution in [3.63, 3.8) is 0 Å². The molecule has 0 unspecified atom stereocenters. The number of hydrogen-bond donors (Lipinski definition) is 0. The monoisotopic (exact) mass is 516 g/mol. The van der Waals surface area contributed by atoms with Gasteiger partial charge >= 0.3 is 5.97 Å². The van der Waals surface area contributed by atoms with E-state index in [1.807, 2.05) is 0 Å². The number of esters is 1. The van der Waals surface area contributed by atoms with E-state index in [0.717, 1.165) is 16.7 Å². The van der Waals surface area contributed by atoms with E-state index >= 15 is 0 Å². The molecule has 0 atom stereocenters. The number of morpholine rings is 1. The van der Waals surface area contributed by atoms with Gasteiger partial charge in [-0.2, -0.15) is 0 Å². The number of amides is 3. The number of hydrogen-bond acceptors (Lipinski definition) is 8. The Morgan fingerprint density at radius 2 is 1.83 bits per heavy atom. The van der Waals surface area contributed by atoms with Crippen molar-refractivity contribution in [3.05, 3.63) is 63.5 Å². The first-order chi connectivity index (χ1) is 16.9. The zero-order valence-electron chi connectivity index (χ0n) is 18.7. The van der Waals surface area contributed by atoms with Crippen LogP contribution in [0.15, 0.2) is 47.4 Å². The Morgan fingerprint density at radius 3 is 2.49 bits per heavy atom. The first kappa shape index (κ1) is 24.8. The Hall–Kier alpha value is -3.34. The van der Waals surface area contributed by atoms with E-state index in [2.05, 4.69) is 0 Å². The van der Waals surface area contributed by atoms with Gasteiger partial charge in [0.1, 0.15) is 18.0 Å². The van der Waals surface area contributed by atoms with E-state index in [9.17, 15) is 19.2 Å². The number of benzene rings is 2. The molecule has 35 heavy (non-hydrogen) atoms. The second kappa shape index (κ2) is 10.9. The molecular weight excluding hydrogens is 496 g/mol. The van der Waals surface area contributed by atoms with Gasteiger partial charge in [-0.1, -0.05) is 17.7 Å². The van der Waals surface area contributed by atoms with Gasteiger partial charge in [0.15, 0.2) is 0 Å². The molecule has 2 heterocycles. The van der Waals surface area contributed by atoms with E-state index in [-0.39, 0.29) is 28.1 Å². The summed E-state index contributed by atoms with van der Waals surface area (Å²) in [5.41, 5.74) is 0.857.